The summed E-state index contributed by atoms with van der Waals surface area (Å²) < 4.78 is 5.23. The first-order chi connectivity index (χ1) is 9.47. The molecule has 5 nitrogen and oxygen atoms in total. The van der Waals surface area contributed by atoms with Crippen molar-refractivity contribution in [2.75, 3.05) is 18.0 Å². The quantitative estimate of drug-likeness (QED) is 0.928. The van der Waals surface area contributed by atoms with Gasteiger partial charge in [0.25, 0.3) is 0 Å². The van der Waals surface area contributed by atoms with Crippen molar-refractivity contribution in [2.45, 2.75) is 20.0 Å². The Labute approximate surface area is 122 Å². The Morgan fingerprint density at radius 1 is 1.45 bits per heavy atom. The Balaban J connectivity index is 1.94. The normalized spacial score (nSPS) is 18.3. The monoisotopic (exact) mass is 296 g/mol. The number of benzene rings is 1. The van der Waals surface area contributed by atoms with Crippen molar-refractivity contribution in [3.8, 4) is 0 Å². The van der Waals surface area contributed by atoms with Crippen LogP contribution in [-0.4, -0.2) is 31.2 Å². The second-order valence-electron chi connectivity index (χ2n) is 4.99. The third-order valence-electron chi connectivity index (χ3n) is 3.04. The van der Waals surface area contributed by atoms with Gasteiger partial charge in [0.2, 0.25) is 5.91 Å². The van der Waals surface area contributed by atoms with E-state index in [1.54, 1.807) is 24.3 Å². The number of nitrogens with one attached hydrogen (secondary N) is 1. The second-order valence-corrected chi connectivity index (χ2v) is 5.43. The standard InChI is InChI=1S/C14H17ClN2O3/c1-9(2)13(18)16-7-12-8-17(14(19)20-12)11-5-3-10(15)4-6-11/h3-6,9,12H,7-8H2,1-2H3,(H,16,18). The molecule has 1 aliphatic rings. The van der Waals surface area contributed by atoms with Crippen LogP contribution in [0.5, 0.6) is 0 Å². The van der Waals surface area contributed by atoms with Crippen molar-refractivity contribution in [1.29, 1.82) is 0 Å². The molecule has 1 fully saturated rings. The third kappa shape index (κ3) is 3.42. The van der Waals surface area contributed by atoms with Crippen molar-refractivity contribution in [3.05, 3.63) is 29.3 Å². The van der Waals surface area contributed by atoms with Crippen LogP contribution in [0.1, 0.15) is 13.8 Å². The predicted octanol–water partition coefficient (Wildman–Crippen LogP) is 2.44. The lowest BCUT2D eigenvalue weighted by Crippen LogP contribution is -2.36. The van der Waals surface area contributed by atoms with Gasteiger partial charge < -0.3 is 10.1 Å². The molecule has 1 aliphatic heterocycles. The highest BCUT2D eigenvalue weighted by atomic mass is 35.5. The smallest absolute Gasteiger partial charge is 0.414 e. The number of carbonyl (C=O) groups excluding carboxylic acids is 2. The maximum atomic E-state index is 11.8. The first kappa shape index (κ1) is 14.7. The molecule has 2 rings (SSSR count). The summed E-state index contributed by atoms with van der Waals surface area (Å²) in [5.41, 5.74) is 0.733. The van der Waals surface area contributed by atoms with Gasteiger partial charge in [-0.1, -0.05) is 25.4 Å². The highest BCUT2D eigenvalue weighted by Crippen LogP contribution is 2.23. The Morgan fingerprint density at radius 2 is 2.10 bits per heavy atom. The number of hydrogen-bond acceptors (Lipinski definition) is 3. The maximum Gasteiger partial charge on any atom is 0.414 e. The summed E-state index contributed by atoms with van der Waals surface area (Å²) in [5, 5.41) is 3.37. The lowest BCUT2D eigenvalue weighted by molar-refractivity contribution is -0.124. The number of nitrogens with zero attached hydrogens (tertiary/aromatic N) is 1. The number of hydrogen-bond donors (Lipinski definition) is 1. The van der Waals surface area contributed by atoms with Gasteiger partial charge in [-0.3, -0.25) is 9.69 Å². The van der Waals surface area contributed by atoms with Crippen LogP contribution in [0.25, 0.3) is 0 Å². The Hall–Kier alpha value is -1.75. The highest BCUT2D eigenvalue weighted by molar-refractivity contribution is 6.30. The van der Waals surface area contributed by atoms with E-state index in [0.29, 0.717) is 18.1 Å². The first-order valence-electron chi connectivity index (χ1n) is 6.49. The van der Waals surface area contributed by atoms with Crippen LogP contribution < -0.4 is 10.2 Å². The van der Waals surface area contributed by atoms with Crippen LogP contribution in [-0.2, 0) is 9.53 Å². The molecular formula is C14H17ClN2O3. The van der Waals surface area contributed by atoms with Crippen LogP contribution in [0.4, 0.5) is 10.5 Å². The largest absolute Gasteiger partial charge is 0.442 e. The summed E-state index contributed by atoms with van der Waals surface area (Å²) in [6.07, 6.45) is -0.739. The van der Waals surface area contributed by atoms with E-state index in [2.05, 4.69) is 5.32 Å². The van der Waals surface area contributed by atoms with E-state index in [-0.39, 0.29) is 17.9 Å². The Bertz CT molecular complexity index is 502. The van der Waals surface area contributed by atoms with E-state index < -0.39 is 6.09 Å². The molecule has 0 saturated carbocycles. The number of amides is 2. The van der Waals surface area contributed by atoms with Crippen molar-refractivity contribution < 1.29 is 14.3 Å². The minimum absolute atomic E-state index is 0.0500. The summed E-state index contributed by atoms with van der Waals surface area (Å²) >= 11 is 5.82. The third-order valence-corrected chi connectivity index (χ3v) is 3.29. The molecule has 0 aromatic heterocycles. The van der Waals surface area contributed by atoms with Crippen LogP contribution in [0.2, 0.25) is 5.02 Å². The molecule has 0 aliphatic carbocycles. The fraction of sp³-hybridized carbons (Fsp3) is 0.429. The van der Waals surface area contributed by atoms with Gasteiger partial charge in [-0.25, -0.2) is 4.79 Å². The molecule has 1 atom stereocenters. The summed E-state index contributed by atoms with van der Waals surface area (Å²) in [7, 11) is 0. The number of anilines is 1. The lowest BCUT2D eigenvalue weighted by atomic mass is 10.2. The number of halogens is 1. The van der Waals surface area contributed by atoms with E-state index in [9.17, 15) is 9.59 Å². The fourth-order valence-corrected chi connectivity index (χ4v) is 2.00. The van der Waals surface area contributed by atoms with Gasteiger partial charge in [0.05, 0.1) is 13.1 Å². The van der Waals surface area contributed by atoms with Gasteiger partial charge in [-0.15, -0.1) is 0 Å². The van der Waals surface area contributed by atoms with E-state index in [1.165, 1.54) is 4.90 Å². The van der Waals surface area contributed by atoms with Gasteiger partial charge in [-0.2, -0.15) is 0 Å². The molecule has 1 heterocycles. The Kier molecular flexibility index (Phi) is 4.49. The van der Waals surface area contributed by atoms with Gasteiger partial charge in [0.1, 0.15) is 6.10 Å². The lowest BCUT2D eigenvalue weighted by Gasteiger charge is -2.13. The van der Waals surface area contributed by atoms with Crippen molar-refractivity contribution >= 4 is 29.3 Å². The minimum Gasteiger partial charge on any atom is -0.442 e. The number of cyclic esters (lactones) is 1. The van der Waals surface area contributed by atoms with Crippen LogP contribution in [0, 0.1) is 5.92 Å². The molecule has 2 amide bonds. The molecule has 0 radical (unpaired) electrons. The van der Waals surface area contributed by atoms with Crippen molar-refractivity contribution in [1.82, 2.24) is 5.32 Å². The van der Waals surface area contributed by atoms with Gasteiger partial charge >= 0.3 is 6.09 Å². The van der Waals surface area contributed by atoms with E-state index in [1.807, 2.05) is 13.8 Å². The van der Waals surface area contributed by atoms with Crippen molar-refractivity contribution in [3.63, 3.8) is 0 Å². The number of ether oxygens (including phenoxy) is 1. The zero-order valence-corrected chi connectivity index (χ0v) is 12.2. The zero-order valence-electron chi connectivity index (χ0n) is 11.4. The highest BCUT2D eigenvalue weighted by Gasteiger charge is 2.32. The zero-order chi connectivity index (χ0) is 14.7. The second kappa shape index (κ2) is 6.13. The predicted molar refractivity (Wildman–Crippen MR) is 76.9 cm³/mol. The fourth-order valence-electron chi connectivity index (χ4n) is 1.88. The van der Waals surface area contributed by atoms with Crippen LogP contribution in [0.15, 0.2) is 24.3 Å². The molecule has 108 valence electrons. The molecule has 20 heavy (non-hydrogen) atoms. The Morgan fingerprint density at radius 3 is 2.70 bits per heavy atom. The van der Waals surface area contributed by atoms with Crippen LogP contribution >= 0.6 is 11.6 Å². The molecule has 1 unspecified atom stereocenters. The summed E-state index contributed by atoms with van der Waals surface area (Å²) in [5.74, 6) is -0.134. The molecule has 6 heteroatoms. The molecule has 1 aromatic carbocycles. The van der Waals surface area contributed by atoms with Gasteiger partial charge in [0, 0.05) is 16.6 Å². The van der Waals surface area contributed by atoms with E-state index in [4.69, 9.17) is 16.3 Å². The number of carbonyl (C=O) groups is 2. The molecule has 1 saturated heterocycles. The summed E-state index contributed by atoms with van der Waals surface area (Å²) in [6, 6.07) is 6.97. The van der Waals surface area contributed by atoms with E-state index in [0.717, 1.165) is 5.69 Å². The average Bonchev–Trinajstić information content (AvgIpc) is 2.78. The molecular weight excluding hydrogens is 280 g/mol. The van der Waals surface area contributed by atoms with Crippen molar-refractivity contribution in [2.24, 2.45) is 5.92 Å². The average molecular weight is 297 g/mol. The summed E-state index contributed by atoms with van der Waals surface area (Å²) in [4.78, 5) is 24.8. The number of rotatable bonds is 4. The minimum atomic E-state index is -0.406. The van der Waals surface area contributed by atoms with Gasteiger partial charge in [-0.05, 0) is 24.3 Å². The summed E-state index contributed by atoms with van der Waals surface area (Å²) in [6.45, 7) is 4.37. The molecule has 1 N–H and O–H groups in total. The topological polar surface area (TPSA) is 58.6 Å². The molecule has 0 spiro atoms. The molecule has 1 aromatic rings. The maximum absolute atomic E-state index is 11.8. The SMILES string of the molecule is CC(C)C(=O)NCC1CN(c2ccc(Cl)cc2)C(=O)O1. The molecule has 0 bridgehead atoms. The van der Waals surface area contributed by atoms with E-state index >= 15 is 0 Å². The first-order valence-corrected chi connectivity index (χ1v) is 6.86. The van der Waals surface area contributed by atoms with Gasteiger partial charge in [0.15, 0.2) is 0 Å². The van der Waals surface area contributed by atoms with Crippen LogP contribution in [0.3, 0.4) is 0 Å².